The van der Waals surface area contributed by atoms with Gasteiger partial charge in [0.2, 0.25) is 5.91 Å². The molecule has 0 saturated carbocycles. The van der Waals surface area contributed by atoms with Crippen molar-refractivity contribution in [2.75, 3.05) is 26.0 Å². The van der Waals surface area contributed by atoms with Gasteiger partial charge in [-0.05, 0) is 17.7 Å². The van der Waals surface area contributed by atoms with Gasteiger partial charge in [0.05, 0.1) is 5.92 Å². The summed E-state index contributed by atoms with van der Waals surface area (Å²) in [5, 5.41) is 5.33. The van der Waals surface area contributed by atoms with Crippen LogP contribution in [0.3, 0.4) is 0 Å². The lowest BCUT2D eigenvalue weighted by Gasteiger charge is -2.21. The number of nitrogens with one attached hydrogen (secondary N) is 2. The van der Waals surface area contributed by atoms with Crippen LogP contribution in [0.15, 0.2) is 24.3 Å². The molecule has 0 radical (unpaired) electrons. The first-order chi connectivity index (χ1) is 9.47. The number of benzene rings is 1. The second kappa shape index (κ2) is 7.49. The topological polar surface area (TPSA) is 87.5 Å². The minimum absolute atomic E-state index is 0.0862. The van der Waals surface area contributed by atoms with Crippen molar-refractivity contribution < 1.29 is 9.59 Å². The predicted molar refractivity (Wildman–Crippen MR) is 79.2 cm³/mol. The minimum atomic E-state index is -0.254. The van der Waals surface area contributed by atoms with Crippen LogP contribution in [0.1, 0.15) is 12.5 Å². The first-order valence-corrected chi connectivity index (χ1v) is 6.50. The lowest BCUT2D eigenvalue weighted by atomic mass is 10.1. The molecule has 1 aromatic rings. The highest BCUT2D eigenvalue weighted by molar-refractivity contribution is 5.89. The van der Waals surface area contributed by atoms with Crippen LogP contribution in [0.2, 0.25) is 0 Å². The van der Waals surface area contributed by atoms with Gasteiger partial charge in [0.15, 0.2) is 0 Å². The molecule has 0 aliphatic rings. The number of hydrogen-bond acceptors (Lipinski definition) is 3. The Labute approximate surface area is 119 Å². The molecule has 6 nitrogen and oxygen atoms in total. The number of nitrogens with two attached hydrogens (primary N) is 1. The van der Waals surface area contributed by atoms with Gasteiger partial charge in [0.25, 0.3) is 0 Å². The number of rotatable bonds is 5. The quantitative estimate of drug-likeness (QED) is 0.750. The highest BCUT2D eigenvalue weighted by atomic mass is 16.2. The van der Waals surface area contributed by atoms with E-state index in [1.54, 1.807) is 33.2 Å². The Morgan fingerprint density at radius 3 is 2.40 bits per heavy atom. The van der Waals surface area contributed by atoms with Crippen LogP contribution in [0.4, 0.5) is 10.5 Å². The van der Waals surface area contributed by atoms with Crippen LogP contribution in [0, 0.1) is 5.92 Å². The summed E-state index contributed by atoms with van der Waals surface area (Å²) in [5.74, 6) is -0.340. The van der Waals surface area contributed by atoms with E-state index in [1.807, 2.05) is 12.1 Å². The standard InChI is InChI=1S/C14H22N4O2/c1-10(13(19)16-2)9-18(3)14(20)17-12-6-4-11(8-15)5-7-12/h4-7,10H,8-9,15H2,1-3H3,(H,16,19)(H,17,20). The van der Waals surface area contributed by atoms with E-state index in [1.165, 1.54) is 4.90 Å². The maximum absolute atomic E-state index is 12.0. The average Bonchev–Trinajstić information content (AvgIpc) is 2.46. The van der Waals surface area contributed by atoms with Crippen molar-refractivity contribution in [2.24, 2.45) is 11.7 Å². The van der Waals surface area contributed by atoms with E-state index in [-0.39, 0.29) is 17.9 Å². The summed E-state index contributed by atoms with van der Waals surface area (Å²) in [4.78, 5) is 24.9. The lowest BCUT2D eigenvalue weighted by Crippen LogP contribution is -2.39. The Kier molecular flexibility index (Phi) is 5.99. The van der Waals surface area contributed by atoms with Crippen LogP contribution in [0.25, 0.3) is 0 Å². The van der Waals surface area contributed by atoms with Gasteiger partial charge < -0.3 is 21.3 Å². The van der Waals surface area contributed by atoms with E-state index in [2.05, 4.69) is 10.6 Å². The molecule has 0 bridgehead atoms. The van der Waals surface area contributed by atoms with Gasteiger partial charge >= 0.3 is 6.03 Å². The number of amides is 3. The maximum Gasteiger partial charge on any atom is 0.321 e. The molecule has 110 valence electrons. The van der Waals surface area contributed by atoms with Crippen LogP contribution < -0.4 is 16.4 Å². The van der Waals surface area contributed by atoms with Gasteiger partial charge in [-0.3, -0.25) is 4.79 Å². The third kappa shape index (κ3) is 4.55. The van der Waals surface area contributed by atoms with Crippen LogP contribution in [-0.4, -0.2) is 37.5 Å². The maximum atomic E-state index is 12.0. The Morgan fingerprint density at radius 2 is 1.90 bits per heavy atom. The minimum Gasteiger partial charge on any atom is -0.359 e. The largest absolute Gasteiger partial charge is 0.359 e. The molecule has 20 heavy (non-hydrogen) atoms. The summed E-state index contributed by atoms with van der Waals surface area (Å²) in [6, 6.07) is 7.08. The fourth-order valence-corrected chi connectivity index (χ4v) is 1.77. The van der Waals surface area contributed by atoms with E-state index in [0.717, 1.165) is 5.56 Å². The lowest BCUT2D eigenvalue weighted by molar-refractivity contribution is -0.124. The third-order valence-electron chi connectivity index (χ3n) is 3.03. The van der Waals surface area contributed by atoms with Gasteiger partial charge in [-0.2, -0.15) is 0 Å². The zero-order valence-electron chi connectivity index (χ0n) is 12.1. The molecule has 0 aromatic heterocycles. The zero-order chi connectivity index (χ0) is 15.1. The molecule has 1 rings (SSSR count). The van der Waals surface area contributed by atoms with E-state index >= 15 is 0 Å². The van der Waals surface area contributed by atoms with Gasteiger partial charge in [-0.1, -0.05) is 19.1 Å². The second-order valence-corrected chi connectivity index (χ2v) is 4.73. The van der Waals surface area contributed by atoms with Crippen molar-refractivity contribution in [1.29, 1.82) is 0 Å². The molecule has 0 fully saturated rings. The zero-order valence-corrected chi connectivity index (χ0v) is 12.1. The van der Waals surface area contributed by atoms with Crippen molar-refractivity contribution in [3.8, 4) is 0 Å². The predicted octanol–water partition coefficient (Wildman–Crippen LogP) is 0.991. The van der Waals surface area contributed by atoms with Crippen molar-refractivity contribution in [3.05, 3.63) is 29.8 Å². The number of carbonyl (C=O) groups is 2. The Hall–Kier alpha value is -2.08. The van der Waals surface area contributed by atoms with Crippen molar-refractivity contribution >= 4 is 17.6 Å². The Balaban J connectivity index is 2.54. The van der Waals surface area contributed by atoms with Gasteiger partial charge in [0.1, 0.15) is 0 Å². The number of anilines is 1. The smallest absolute Gasteiger partial charge is 0.321 e. The first-order valence-electron chi connectivity index (χ1n) is 6.50. The molecule has 1 atom stereocenters. The van der Waals surface area contributed by atoms with E-state index in [9.17, 15) is 9.59 Å². The molecular formula is C14H22N4O2. The molecule has 0 aliphatic carbocycles. The van der Waals surface area contributed by atoms with Gasteiger partial charge in [-0.15, -0.1) is 0 Å². The van der Waals surface area contributed by atoms with Crippen LogP contribution in [0.5, 0.6) is 0 Å². The Morgan fingerprint density at radius 1 is 1.30 bits per heavy atom. The highest BCUT2D eigenvalue weighted by Crippen LogP contribution is 2.10. The summed E-state index contributed by atoms with van der Waals surface area (Å²) in [6.07, 6.45) is 0. The molecule has 0 heterocycles. The number of nitrogens with zero attached hydrogens (tertiary/aromatic N) is 1. The van der Waals surface area contributed by atoms with Crippen molar-refractivity contribution in [1.82, 2.24) is 10.2 Å². The molecule has 6 heteroatoms. The molecule has 1 aromatic carbocycles. The monoisotopic (exact) mass is 278 g/mol. The molecule has 1 unspecified atom stereocenters. The molecule has 3 amide bonds. The number of urea groups is 1. The van der Waals surface area contributed by atoms with E-state index in [0.29, 0.717) is 18.8 Å². The fraction of sp³-hybridized carbons (Fsp3) is 0.429. The normalized spacial score (nSPS) is 11.6. The summed E-state index contributed by atoms with van der Waals surface area (Å²) in [7, 11) is 3.24. The SMILES string of the molecule is CNC(=O)C(C)CN(C)C(=O)Nc1ccc(CN)cc1. The number of carbonyl (C=O) groups excluding carboxylic acids is 2. The molecule has 0 spiro atoms. The van der Waals surface area contributed by atoms with Crippen LogP contribution in [-0.2, 0) is 11.3 Å². The number of hydrogen-bond donors (Lipinski definition) is 3. The first kappa shape index (κ1) is 16.0. The summed E-state index contributed by atoms with van der Waals surface area (Å²) in [6.45, 7) is 2.60. The molecule has 0 aliphatic heterocycles. The van der Waals surface area contributed by atoms with E-state index in [4.69, 9.17) is 5.73 Å². The van der Waals surface area contributed by atoms with Crippen molar-refractivity contribution in [2.45, 2.75) is 13.5 Å². The molecular weight excluding hydrogens is 256 g/mol. The Bertz CT molecular complexity index is 459. The second-order valence-electron chi connectivity index (χ2n) is 4.73. The van der Waals surface area contributed by atoms with Crippen molar-refractivity contribution in [3.63, 3.8) is 0 Å². The summed E-state index contributed by atoms with van der Waals surface area (Å²) in [5.41, 5.74) is 7.22. The summed E-state index contributed by atoms with van der Waals surface area (Å²) >= 11 is 0. The molecule has 0 saturated heterocycles. The van der Waals surface area contributed by atoms with Crippen LogP contribution >= 0.6 is 0 Å². The average molecular weight is 278 g/mol. The highest BCUT2D eigenvalue weighted by Gasteiger charge is 2.17. The summed E-state index contributed by atoms with van der Waals surface area (Å²) < 4.78 is 0. The third-order valence-corrected chi connectivity index (χ3v) is 3.03. The molecule has 4 N–H and O–H groups in total. The fourth-order valence-electron chi connectivity index (χ4n) is 1.77. The van der Waals surface area contributed by atoms with Gasteiger partial charge in [-0.25, -0.2) is 4.79 Å². The van der Waals surface area contributed by atoms with E-state index < -0.39 is 0 Å². The van der Waals surface area contributed by atoms with Gasteiger partial charge in [0, 0.05) is 32.9 Å².